The number of fused-ring (bicyclic) bond motifs is 1. The lowest BCUT2D eigenvalue weighted by Crippen LogP contribution is -2.28. The summed E-state index contributed by atoms with van der Waals surface area (Å²) in [4.78, 5) is 21.4. The molecule has 35 heavy (non-hydrogen) atoms. The van der Waals surface area contributed by atoms with Gasteiger partial charge in [0.2, 0.25) is 0 Å². The van der Waals surface area contributed by atoms with Crippen molar-refractivity contribution >= 4 is 39.7 Å². The van der Waals surface area contributed by atoms with E-state index in [0.29, 0.717) is 44.2 Å². The maximum atomic E-state index is 13.2. The van der Waals surface area contributed by atoms with Crippen molar-refractivity contribution < 1.29 is 17.9 Å². The summed E-state index contributed by atoms with van der Waals surface area (Å²) < 4.78 is 46.4. The van der Waals surface area contributed by atoms with Crippen LogP contribution in [0.5, 0.6) is 5.75 Å². The van der Waals surface area contributed by atoms with Crippen LogP contribution in [0, 0.1) is 6.92 Å². The lowest BCUT2D eigenvalue weighted by molar-refractivity contribution is -0.138. The van der Waals surface area contributed by atoms with E-state index < -0.39 is 17.3 Å². The van der Waals surface area contributed by atoms with Gasteiger partial charge in [0.1, 0.15) is 28.4 Å². The number of hydrogen-bond acceptors (Lipinski definition) is 5. The van der Waals surface area contributed by atoms with Gasteiger partial charge in [-0.3, -0.25) is 9.78 Å². The van der Waals surface area contributed by atoms with E-state index in [1.807, 2.05) is 6.07 Å². The summed E-state index contributed by atoms with van der Waals surface area (Å²) >= 11 is 11.5. The molecule has 0 fully saturated rings. The van der Waals surface area contributed by atoms with E-state index in [1.54, 1.807) is 25.1 Å². The SMILES string of the molecule is Cc1cc(C(N)=S)c2cccc(OCc3c(Cl)ccnc3Cn3cccc(C(F)(F)F)c3=O)c2n1. The predicted octanol–water partition coefficient (Wildman–Crippen LogP) is 5.03. The van der Waals surface area contributed by atoms with E-state index in [2.05, 4.69) is 9.97 Å². The number of benzene rings is 1. The van der Waals surface area contributed by atoms with Crippen molar-refractivity contribution in [1.29, 1.82) is 0 Å². The lowest BCUT2D eigenvalue weighted by Gasteiger charge is -2.15. The Morgan fingerprint density at radius 1 is 1.23 bits per heavy atom. The van der Waals surface area contributed by atoms with Crippen LogP contribution in [0.3, 0.4) is 0 Å². The van der Waals surface area contributed by atoms with Gasteiger partial charge in [0.15, 0.2) is 0 Å². The Kier molecular flexibility index (Phi) is 6.77. The van der Waals surface area contributed by atoms with Crippen molar-refractivity contribution in [3.8, 4) is 5.75 Å². The van der Waals surface area contributed by atoms with Crippen molar-refractivity contribution in [3.63, 3.8) is 0 Å². The van der Waals surface area contributed by atoms with Gasteiger partial charge in [-0.1, -0.05) is 36.0 Å². The number of ether oxygens (including phenoxy) is 1. The Labute approximate surface area is 208 Å². The molecule has 180 valence electrons. The first-order valence-corrected chi connectivity index (χ1v) is 11.1. The number of aryl methyl sites for hydroxylation is 1. The smallest absolute Gasteiger partial charge is 0.421 e. The summed E-state index contributed by atoms with van der Waals surface area (Å²) in [5.41, 5.74) is 6.07. The van der Waals surface area contributed by atoms with Crippen LogP contribution in [0.25, 0.3) is 10.9 Å². The third-order valence-electron chi connectivity index (χ3n) is 5.30. The van der Waals surface area contributed by atoms with Crippen molar-refractivity contribution in [2.75, 3.05) is 0 Å². The minimum atomic E-state index is -4.77. The Balaban J connectivity index is 1.69. The van der Waals surface area contributed by atoms with E-state index in [4.69, 9.17) is 34.3 Å². The Hall–Kier alpha value is -3.50. The summed E-state index contributed by atoms with van der Waals surface area (Å²) in [7, 11) is 0. The number of nitrogens with two attached hydrogens (primary N) is 1. The van der Waals surface area contributed by atoms with E-state index in [-0.39, 0.29) is 18.1 Å². The third-order valence-corrected chi connectivity index (χ3v) is 5.88. The molecule has 11 heteroatoms. The quantitative estimate of drug-likeness (QED) is 0.360. The molecule has 0 atom stereocenters. The monoisotopic (exact) mass is 518 g/mol. The first-order chi connectivity index (χ1) is 16.6. The number of para-hydroxylation sites is 1. The zero-order valence-corrected chi connectivity index (χ0v) is 19.8. The molecule has 4 rings (SSSR count). The highest BCUT2D eigenvalue weighted by Gasteiger charge is 2.34. The van der Waals surface area contributed by atoms with Crippen molar-refractivity contribution in [2.24, 2.45) is 5.73 Å². The molecule has 3 heterocycles. The summed E-state index contributed by atoms with van der Waals surface area (Å²) in [6.45, 7) is 1.52. The average molecular weight is 519 g/mol. The molecule has 0 amide bonds. The molecule has 0 radical (unpaired) electrons. The molecule has 0 aliphatic carbocycles. The number of nitrogens with zero attached hydrogens (tertiary/aromatic N) is 3. The molecule has 0 saturated carbocycles. The van der Waals surface area contributed by atoms with Gasteiger partial charge in [0, 0.05) is 34.6 Å². The highest BCUT2D eigenvalue weighted by Crippen LogP contribution is 2.30. The molecule has 0 spiro atoms. The number of alkyl halides is 3. The summed E-state index contributed by atoms with van der Waals surface area (Å²) in [5, 5.41) is 1.01. The van der Waals surface area contributed by atoms with E-state index >= 15 is 0 Å². The van der Waals surface area contributed by atoms with E-state index in [9.17, 15) is 18.0 Å². The largest absolute Gasteiger partial charge is 0.486 e. The van der Waals surface area contributed by atoms with E-state index in [0.717, 1.165) is 16.7 Å². The Morgan fingerprint density at radius 2 is 2.00 bits per heavy atom. The minimum Gasteiger partial charge on any atom is -0.486 e. The average Bonchev–Trinajstić information content (AvgIpc) is 2.78. The van der Waals surface area contributed by atoms with Gasteiger partial charge < -0.3 is 15.0 Å². The maximum absolute atomic E-state index is 13.2. The second kappa shape index (κ2) is 9.63. The molecule has 2 N–H and O–H groups in total. The van der Waals surface area contributed by atoms with Crippen LogP contribution in [-0.2, 0) is 19.3 Å². The van der Waals surface area contributed by atoms with Crippen molar-refractivity contribution in [3.05, 3.63) is 98.3 Å². The van der Waals surface area contributed by atoms with Crippen molar-refractivity contribution in [1.82, 2.24) is 14.5 Å². The van der Waals surface area contributed by atoms with Crippen molar-refractivity contribution in [2.45, 2.75) is 26.3 Å². The second-order valence-electron chi connectivity index (χ2n) is 7.69. The molecule has 4 aromatic rings. The molecule has 0 aliphatic rings. The highest BCUT2D eigenvalue weighted by molar-refractivity contribution is 7.80. The maximum Gasteiger partial charge on any atom is 0.421 e. The molecular formula is C24H18ClF3N4O2S. The molecule has 0 bridgehead atoms. The molecule has 0 aliphatic heterocycles. The number of rotatable bonds is 6. The lowest BCUT2D eigenvalue weighted by atomic mass is 10.1. The van der Waals surface area contributed by atoms with Crippen LogP contribution >= 0.6 is 23.8 Å². The van der Waals surface area contributed by atoms with Gasteiger partial charge in [-0.15, -0.1) is 0 Å². The topological polar surface area (TPSA) is 83.0 Å². The van der Waals surface area contributed by atoms with Gasteiger partial charge >= 0.3 is 6.18 Å². The van der Waals surface area contributed by atoms with Crippen LogP contribution in [0.4, 0.5) is 13.2 Å². The summed E-state index contributed by atoms with van der Waals surface area (Å²) in [6.07, 6.45) is -2.09. The van der Waals surface area contributed by atoms with Crippen LogP contribution in [0.1, 0.15) is 28.1 Å². The zero-order chi connectivity index (χ0) is 25.3. The first kappa shape index (κ1) is 24.6. The third kappa shape index (κ3) is 5.13. The standard InChI is InChI=1S/C24H18ClF3N4O2S/c1-13-10-15(22(29)35)14-4-2-6-20(21(14)31-13)34-12-16-18(25)7-8-30-19(16)11-32-9-3-5-17(23(32)33)24(26,27)28/h2-10H,11-12H2,1H3,(H2,29,35). The van der Waals surface area contributed by atoms with Gasteiger partial charge in [-0.2, -0.15) is 13.2 Å². The Bertz CT molecular complexity index is 1500. The normalized spacial score (nSPS) is 11.6. The van der Waals surface area contributed by atoms with E-state index in [1.165, 1.54) is 18.5 Å². The van der Waals surface area contributed by atoms with Gasteiger partial charge in [-0.05, 0) is 37.3 Å². The number of thiocarbonyl (C=S) groups is 1. The summed E-state index contributed by atoms with van der Waals surface area (Å²) in [6, 6.07) is 10.5. The highest BCUT2D eigenvalue weighted by atomic mass is 35.5. The molecule has 0 saturated heterocycles. The fourth-order valence-corrected chi connectivity index (χ4v) is 4.05. The number of pyridine rings is 3. The molecule has 3 aromatic heterocycles. The second-order valence-corrected chi connectivity index (χ2v) is 8.53. The minimum absolute atomic E-state index is 0.0626. The number of hydrogen-bond donors (Lipinski definition) is 1. The number of aromatic nitrogens is 3. The molecular weight excluding hydrogens is 501 g/mol. The summed E-state index contributed by atoms with van der Waals surface area (Å²) in [5.74, 6) is 0.436. The molecule has 0 unspecified atom stereocenters. The zero-order valence-electron chi connectivity index (χ0n) is 18.3. The van der Waals surface area contributed by atoms with Crippen LogP contribution in [0.2, 0.25) is 5.02 Å². The van der Waals surface area contributed by atoms with Crippen LogP contribution in [0.15, 0.2) is 59.7 Å². The first-order valence-electron chi connectivity index (χ1n) is 10.3. The van der Waals surface area contributed by atoms with Crippen LogP contribution < -0.4 is 16.0 Å². The van der Waals surface area contributed by atoms with Crippen LogP contribution in [-0.4, -0.2) is 19.5 Å². The fraction of sp³-hybridized carbons (Fsp3) is 0.167. The van der Waals surface area contributed by atoms with Gasteiger partial charge in [0.25, 0.3) is 5.56 Å². The molecule has 6 nitrogen and oxygen atoms in total. The van der Waals surface area contributed by atoms with Gasteiger partial charge in [-0.25, -0.2) is 4.98 Å². The number of halogens is 4. The predicted molar refractivity (Wildman–Crippen MR) is 131 cm³/mol. The van der Waals surface area contributed by atoms with Gasteiger partial charge in [0.05, 0.1) is 17.3 Å². The Morgan fingerprint density at radius 3 is 2.71 bits per heavy atom. The molecule has 1 aromatic carbocycles. The fourth-order valence-electron chi connectivity index (χ4n) is 3.66.